The van der Waals surface area contributed by atoms with Gasteiger partial charge < -0.3 is 5.73 Å². The van der Waals surface area contributed by atoms with E-state index in [1.165, 1.54) is 4.31 Å². The quantitative estimate of drug-likeness (QED) is 0.733. The van der Waals surface area contributed by atoms with Crippen molar-refractivity contribution in [3.63, 3.8) is 0 Å². The lowest BCUT2D eigenvalue weighted by Gasteiger charge is -2.32. The van der Waals surface area contributed by atoms with Crippen LogP contribution in [0.3, 0.4) is 0 Å². The molecule has 0 saturated carbocycles. The monoisotopic (exact) mass is 235 g/mol. The zero-order valence-electron chi connectivity index (χ0n) is 9.44. The van der Waals surface area contributed by atoms with E-state index < -0.39 is 10.2 Å². The van der Waals surface area contributed by atoms with E-state index in [1.807, 2.05) is 13.8 Å². The second kappa shape index (κ2) is 5.25. The van der Waals surface area contributed by atoms with Crippen molar-refractivity contribution in [2.75, 3.05) is 13.1 Å². The molecule has 0 aromatic heterocycles. The van der Waals surface area contributed by atoms with Crippen LogP contribution >= 0.6 is 0 Å². The summed E-state index contributed by atoms with van der Waals surface area (Å²) in [5, 5.41) is 0. The summed E-state index contributed by atoms with van der Waals surface area (Å²) in [4.78, 5) is 0. The van der Waals surface area contributed by atoms with Gasteiger partial charge in [-0.1, -0.05) is 13.8 Å². The van der Waals surface area contributed by atoms with Crippen molar-refractivity contribution in [2.45, 2.75) is 39.3 Å². The Balaban J connectivity index is 2.59. The Kier molecular flexibility index (Phi) is 4.51. The Morgan fingerprint density at radius 3 is 2.67 bits per heavy atom. The van der Waals surface area contributed by atoms with Crippen molar-refractivity contribution in [3.05, 3.63) is 0 Å². The number of nitrogens with one attached hydrogen (secondary N) is 1. The van der Waals surface area contributed by atoms with Gasteiger partial charge in [-0.2, -0.15) is 12.7 Å². The van der Waals surface area contributed by atoms with Crippen LogP contribution in [0.1, 0.15) is 33.1 Å². The average Bonchev–Trinajstić information content (AvgIpc) is 2.15. The van der Waals surface area contributed by atoms with E-state index in [0.29, 0.717) is 19.0 Å². The van der Waals surface area contributed by atoms with Crippen molar-refractivity contribution in [1.29, 1.82) is 0 Å². The molecule has 1 rings (SSSR count). The van der Waals surface area contributed by atoms with Crippen molar-refractivity contribution in [1.82, 2.24) is 9.03 Å². The Labute approximate surface area is 92.2 Å². The number of rotatable bonds is 4. The molecule has 1 unspecified atom stereocenters. The highest BCUT2D eigenvalue weighted by Gasteiger charge is 2.29. The first-order valence-corrected chi connectivity index (χ1v) is 6.89. The fourth-order valence-corrected chi connectivity index (χ4v) is 3.13. The number of hydrogen-bond acceptors (Lipinski definition) is 3. The van der Waals surface area contributed by atoms with Gasteiger partial charge in [-0.15, -0.1) is 0 Å². The van der Waals surface area contributed by atoms with E-state index in [9.17, 15) is 8.42 Å². The molecule has 1 atom stereocenters. The maximum Gasteiger partial charge on any atom is 0.280 e. The van der Waals surface area contributed by atoms with E-state index in [1.54, 1.807) is 0 Å². The Morgan fingerprint density at radius 2 is 2.13 bits per heavy atom. The molecule has 15 heavy (non-hydrogen) atoms. The lowest BCUT2D eigenvalue weighted by Crippen LogP contribution is -2.53. The normalized spacial score (nSPS) is 24.7. The summed E-state index contributed by atoms with van der Waals surface area (Å²) in [5.74, 6) is 0.306. The molecule has 0 amide bonds. The molecule has 0 spiro atoms. The third kappa shape index (κ3) is 3.71. The van der Waals surface area contributed by atoms with Crippen LogP contribution in [0.4, 0.5) is 0 Å². The molecular weight excluding hydrogens is 214 g/mol. The van der Waals surface area contributed by atoms with Gasteiger partial charge in [0, 0.05) is 13.1 Å². The van der Waals surface area contributed by atoms with Gasteiger partial charge >= 0.3 is 0 Å². The third-order valence-electron chi connectivity index (χ3n) is 2.48. The molecule has 90 valence electrons. The number of hydrogen-bond donors (Lipinski definition) is 2. The van der Waals surface area contributed by atoms with Crippen LogP contribution in [0.25, 0.3) is 0 Å². The van der Waals surface area contributed by atoms with Crippen LogP contribution in [0.5, 0.6) is 0 Å². The summed E-state index contributed by atoms with van der Waals surface area (Å²) < 4.78 is 27.6. The standard InChI is InChI=1S/C9H21N3O2S/c1-8(2)7-11-15(13,14)12-6-4-3-5-9(12)10/h8-9,11H,3-7,10H2,1-2H3. The molecule has 1 aliphatic heterocycles. The Bertz CT molecular complexity index is 290. The van der Waals surface area contributed by atoms with E-state index in [0.717, 1.165) is 19.3 Å². The summed E-state index contributed by atoms with van der Waals surface area (Å²) in [6.45, 7) is 4.94. The first-order valence-electron chi connectivity index (χ1n) is 5.45. The van der Waals surface area contributed by atoms with Crippen molar-refractivity contribution in [3.8, 4) is 0 Å². The molecule has 0 aliphatic carbocycles. The summed E-state index contributed by atoms with van der Waals surface area (Å²) >= 11 is 0. The predicted octanol–water partition coefficient (Wildman–Crippen LogP) is 0.248. The molecule has 1 fully saturated rings. The van der Waals surface area contributed by atoms with Gasteiger partial charge in [-0.25, -0.2) is 4.72 Å². The molecule has 3 N–H and O–H groups in total. The molecule has 0 aromatic carbocycles. The van der Waals surface area contributed by atoms with Gasteiger partial charge in [0.2, 0.25) is 0 Å². The first kappa shape index (κ1) is 12.9. The Hall–Kier alpha value is -0.170. The molecular formula is C9H21N3O2S. The van der Waals surface area contributed by atoms with E-state index in [-0.39, 0.29) is 6.17 Å². The lowest BCUT2D eigenvalue weighted by atomic mass is 10.1. The maximum atomic E-state index is 11.8. The van der Waals surface area contributed by atoms with Gasteiger partial charge in [0.1, 0.15) is 0 Å². The van der Waals surface area contributed by atoms with E-state index >= 15 is 0 Å². The summed E-state index contributed by atoms with van der Waals surface area (Å²) in [7, 11) is -3.37. The van der Waals surface area contributed by atoms with Crippen molar-refractivity contribution < 1.29 is 8.42 Å². The van der Waals surface area contributed by atoms with Gasteiger partial charge in [0.05, 0.1) is 6.17 Å². The minimum absolute atomic E-state index is 0.306. The molecule has 0 aromatic rings. The fraction of sp³-hybridized carbons (Fsp3) is 1.00. The Morgan fingerprint density at radius 1 is 1.47 bits per heavy atom. The largest absolute Gasteiger partial charge is 0.315 e. The second-order valence-electron chi connectivity index (χ2n) is 4.42. The molecule has 0 radical (unpaired) electrons. The predicted molar refractivity (Wildman–Crippen MR) is 60.3 cm³/mol. The van der Waals surface area contributed by atoms with E-state index in [2.05, 4.69) is 4.72 Å². The van der Waals surface area contributed by atoms with Crippen molar-refractivity contribution in [2.24, 2.45) is 11.7 Å². The molecule has 1 saturated heterocycles. The van der Waals surface area contributed by atoms with Gasteiger partial charge in [-0.05, 0) is 25.2 Å². The minimum atomic E-state index is -3.37. The van der Waals surface area contributed by atoms with E-state index in [4.69, 9.17) is 5.73 Å². The average molecular weight is 235 g/mol. The lowest BCUT2D eigenvalue weighted by molar-refractivity contribution is 0.254. The molecule has 0 bridgehead atoms. The fourth-order valence-electron chi connectivity index (χ4n) is 1.58. The highest BCUT2D eigenvalue weighted by Crippen LogP contribution is 2.15. The number of nitrogens with zero attached hydrogens (tertiary/aromatic N) is 1. The zero-order chi connectivity index (χ0) is 11.5. The molecule has 1 aliphatic rings. The van der Waals surface area contributed by atoms with Crippen LogP contribution in [0.2, 0.25) is 0 Å². The van der Waals surface area contributed by atoms with Crippen LogP contribution < -0.4 is 10.5 Å². The van der Waals surface area contributed by atoms with Crippen LogP contribution in [-0.2, 0) is 10.2 Å². The second-order valence-corrected chi connectivity index (χ2v) is 6.13. The highest BCUT2D eigenvalue weighted by atomic mass is 32.2. The molecule has 1 heterocycles. The SMILES string of the molecule is CC(C)CNS(=O)(=O)N1CCCCC1N. The third-order valence-corrected chi connectivity index (χ3v) is 4.08. The molecule has 6 heteroatoms. The van der Waals surface area contributed by atoms with Gasteiger partial charge in [-0.3, -0.25) is 0 Å². The first-order chi connectivity index (χ1) is 6.93. The summed E-state index contributed by atoms with van der Waals surface area (Å²) in [5.41, 5.74) is 5.78. The summed E-state index contributed by atoms with van der Waals surface area (Å²) in [6.07, 6.45) is 2.30. The van der Waals surface area contributed by atoms with Crippen LogP contribution in [-0.4, -0.2) is 32.0 Å². The number of piperidine rings is 1. The van der Waals surface area contributed by atoms with Crippen LogP contribution in [0.15, 0.2) is 0 Å². The highest BCUT2D eigenvalue weighted by molar-refractivity contribution is 7.87. The zero-order valence-corrected chi connectivity index (χ0v) is 10.3. The topological polar surface area (TPSA) is 75.4 Å². The molecule has 5 nitrogen and oxygen atoms in total. The number of nitrogens with two attached hydrogens (primary N) is 1. The van der Waals surface area contributed by atoms with Crippen molar-refractivity contribution >= 4 is 10.2 Å². The van der Waals surface area contributed by atoms with Gasteiger partial charge in [0.15, 0.2) is 0 Å². The van der Waals surface area contributed by atoms with Gasteiger partial charge in [0.25, 0.3) is 10.2 Å². The maximum absolute atomic E-state index is 11.8. The minimum Gasteiger partial charge on any atom is -0.315 e. The smallest absolute Gasteiger partial charge is 0.280 e. The van der Waals surface area contributed by atoms with Crippen LogP contribution in [0, 0.1) is 5.92 Å². The summed E-state index contributed by atoms with van der Waals surface area (Å²) in [6, 6.07) is 0.